The summed E-state index contributed by atoms with van der Waals surface area (Å²) in [5.41, 5.74) is 4.29. The highest BCUT2D eigenvalue weighted by molar-refractivity contribution is 7.99. The van der Waals surface area contributed by atoms with Crippen LogP contribution in [0.25, 0.3) is 0 Å². The van der Waals surface area contributed by atoms with Crippen molar-refractivity contribution >= 4 is 23.8 Å². The number of methoxy groups -OCH3 is 1. The van der Waals surface area contributed by atoms with Gasteiger partial charge in [0.05, 0.1) is 37.5 Å². The molecule has 2 aliphatic heterocycles. The van der Waals surface area contributed by atoms with E-state index in [-0.39, 0.29) is 6.03 Å². The van der Waals surface area contributed by atoms with Gasteiger partial charge in [0.1, 0.15) is 6.54 Å². The molecule has 0 bridgehead atoms. The van der Waals surface area contributed by atoms with Gasteiger partial charge in [-0.1, -0.05) is 23.8 Å². The first-order valence-corrected chi connectivity index (χ1v) is 10.0. The van der Waals surface area contributed by atoms with Gasteiger partial charge in [0.2, 0.25) is 0 Å². The molecule has 1 fully saturated rings. The standard InChI is InChI=1S/C19H25N3O3S/c1-12-4-5-14(13(2)10-12)17-16(18(23)25-3)15(20-19(24)21-17)11-22-6-8-26-9-7-22/h4-5,10,17H,6-9,11H2,1-3H3,(H2,20,21,24)/p+1/t17-/m1/s1. The number of hydrogen-bond donors (Lipinski definition) is 3. The van der Waals surface area contributed by atoms with Crippen molar-refractivity contribution < 1.29 is 19.2 Å². The van der Waals surface area contributed by atoms with Crippen LogP contribution in [0.4, 0.5) is 4.79 Å². The summed E-state index contributed by atoms with van der Waals surface area (Å²) >= 11 is 1.95. The Morgan fingerprint density at radius 2 is 2.04 bits per heavy atom. The maximum atomic E-state index is 12.6. The number of quaternary nitrogens is 1. The Morgan fingerprint density at radius 3 is 2.69 bits per heavy atom. The molecule has 2 aliphatic rings. The molecule has 0 spiro atoms. The van der Waals surface area contributed by atoms with E-state index in [2.05, 4.69) is 16.7 Å². The number of hydrogen-bond acceptors (Lipinski definition) is 4. The highest BCUT2D eigenvalue weighted by Crippen LogP contribution is 2.29. The van der Waals surface area contributed by atoms with Crippen molar-refractivity contribution in [2.45, 2.75) is 19.9 Å². The largest absolute Gasteiger partial charge is 0.466 e. The second-order valence-corrected chi connectivity index (χ2v) is 8.04. The maximum Gasteiger partial charge on any atom is 0.338 e. The molecule has 26 heavy (non-hydrogen) atoms. The number of aryl methyl sites for hydroxylation is 2. The molecule has 0 aliphatic carbocycles. The van der Waals surface area contributed by atoms with Crippen molar-refractivity contribution in [3.05, 3.63) is 46.2 Å². The minimum Gasteiger partial charge on any atom is -0.466 e. The summed E-state index contributed by atoms with van der Waals surface area (Å²) in [6, 6.07) is 5.27. The molecule has 0 aromatic heterocycles. The van der Waals surface area contributed by atoms with E-state index in [4.69, 9.17) is 4.74 Å². The molecule has 1 saturated heterocycles. The first-order valence-electron chi connectivity index (χ1n) is 8.87. The van der Waals surface area contributed by atoms with Crippen LogP contribution >= 0.6 is 11.8 Å². The summed E-state index contributed by atoms with van der Waals surface area (Å²) in [5, 5.41) is 5.76. The first kappa shape index (κ1) is 18.8. The summed E-state index contributed by atoms with van der Waals surface area (Å²) in [4.78, 5) is 26.3. The maximum absolute atomic E-state index is 12.6. The predicted octanol–water partition coefficient (Wildman–Crippen LogP) is 0.716. The van der Waals surface area contributed by atoms with Crippen LogP contribution in [0.5, 0.6) is 0 Å². The van der Waals surface area contributed by atoms with Crippen LogP contribution in [-0.2, 0) is 9.53 Å². The lowest BCUT2D eigenvalue weighted by Crippen LogP contribution is -3.14. The Bertz CT molecular complexity index is 742. The molecule has 2 heterocycles. The molecule has 7 heteroatoms. The zero-order valence-corrected chi connectivity index (χ0v) is 16.3. The normalized spacial score (nSPS) is 21.2. The van der Waals surface area contributed by atoms with Gasteiger partial charge in [0.25, 0.3) is 0 Å². The highest BCUT2D eigenvalue weighted by Gasteiger charge is 2.35. The molecule has 3 N–H and O–H groups in total. The van der Waals surface area contributed by atoms with Gasteiger partial charge in [0, 0.05) is 11.5 Å². The SMILES string of the molecule is COC(=O)C1=C(C[NH+]2CCSCC2)NC(=O)N[C@@H]1c1ccc(C)cc1C. The fourth-order valence-electron chi connectivity index (χ4n) is 3.58. The Kier molecular flexibility index (Phi) is 5.88. The molecule has 3 rings (SSSR count). The van der Waals surface area contributed by atoms with Gasteiger partial charge in [-0.2, -0.15) is 11.8 Å². The first-order chi connectivity index (χ1) is 12.5. The Morgan fingerprint density at radius 1 is 1.31 bits per heavy atom. The molecule has 0 saturated carbocycles. The van der Waals surface area contributed by atoms with Gasteiger partial charge in [-0.05, 0) is 25.0 Å². The fraction of sp³-hybridized carbons (Fsp3) is 0.474. The van der Waals surface area contributed by atoms with Gasteiger partial charge in [-0.15, -0.1) is 0 Å². The average molecular weight is 377 g/mol. The smallest absolute Gasteiger partial charge is 0.338 e. The van der Waals surface area contributed by atoms with E-state index in [9.17, 15) is 9.59 Å². The number of ether oxygens (including phenoxy) is 1. The monoisotopic (exact) mass is 376 g/mol. The number of amides is 2. The van der Waals surface area contributed by atoms with Crippen LogP contribution in [0.15, 0.2) is 29.5 Å². The number of rotatable bonds is 4. The third-order valence-corrected chi connectivity index (χ3v) is 5.91. The lowest BCUT2D eigenvalue weighted by molar-refractivity contribution is -0.891. The van der Waals surface area contributed by atoms with Crippen molar-refractivity contribution in [1.82, 2.24) is 10.6 Å². The topological polar surface area (TPSA) is 71.9 Å². The number of thioether (sulfide) groups is 1. The molecule has 1 aromatic rings. The highest BCUT2D eigenvalue weighted by atomic mass is 32.2. The molecule has 1 aromatic carbocycles. The van der Waals surface area contributed by atoms with Crippen LogP contribution < -0.4 is 15.5 Å². The second kappa shape index (κ2) is 8.14. The fourth-order valence-corrected chi connectivity index (χ4v) is 4.65. The quantitative estimate of drug-likeness (QED) is 0.677. The van der Waals surface area contributed by atoms with E-state index in [0.717, 1.165) is 41.3 Å². The summed E-state index contributed by atoms with van der Waals surface area (Å²) in [6.45, 7) is 6.70. The number of benzene rings is 1. The van der Waals surface area contributed by atoms with Crippen molar-refractivity contribution in [2.75, 3.05) is 38.2 Å². The average Bonchev–Trinajstić information content (AvgIpc) is 2.61. The summed E-state index contributed by atoms with van der Waals surface area (Å²) in [6.07, 6.45) is 0. The lowest BCUT2D eigenvalue weighted by atomic mass is 9.91. The van der Waals surface area contributed by atoms with E-state index in [0.29, 0.717) is 17.8 Å². The van der Waals surface area contributed by atoms with Crippen LogP contribution in [0.3, 0.4) is 0 Å². The summed E-state index contributed by atoms with van der Waals surface area (Å²) in [7, 11) is 1.38. The van der Waals surface area contributed by atoms with Crippen LogP contribution in [0, 0.1) is 13.8 Å². The molecule has 0 unspecified atom stereocenters. The number of carbonyl (C=O) groups is 2. The molecular weight excluding hydrogens is 350 g/mol. The number of esters is 1. The second-order valence-electron chi connectivity index (χ2n) is 6.81. The van der Waals surface area contributed by atoms with E-state index >= 15 is 0 Å². The molecule has 0 radical (unpaired) electrons. The van der Waals surface area contributed by atoms with Crippen LogP contribution in [0.2, 0.25) is 0 Å². The minimum absolute atomic E-state index is 0.275. The van der Waals surface area contributed by atoms with Gasteiger partial charge in [0.15, 0.2) is 0 Å². The van der Waals surface area contributed by atoms with Crippen LogP contribution in [-0.4, -0.2) is 50.3 Å². The number of nitrogens with one attached hydrogen (secondary N) is 3. The van der Waals surface area contributed by atoms with Gasteiger partial charge < -0.3 is 20.3 Å². The zero-order chi connectivity index (χ0) is 18.7. The van der Waals surface area contributed by atoms with Gasteiger partial charge in [-0.3, -0.25) is 0 Å². The predicted molar refractivity (Wildman–Crippen MR) is 102 cm³/mol. The molecule has 1 atom stereocenters. The molecular formula is C19H26N3O3S+. The Labute approximate surface area is 158 Å². The van der Waals surface area contributed by atoms with Gasteiger partial charge in [-0.25, -0.2) is 9.59 Å². The van der Waals surface area contributed by atoms with E-state index in [1.165, 1.54) is 12.0 Å². The van der Waals surface area contributed by atoms with E-state index in [1.807, 2.05) is 37.7 Å². The Balaban J connectivity index is 2.01. The Hall–Kier alpha value is -1.99. The lowest BCUT2D eigenvalue weighted by Gasteiger charge is -2.32. The van der Waals surface area contributed by atoms with E-state index < -0.39 is 12.0 Å². The third-order valence-electron chi connectivity index (χ3n) is 4.92. The molecule has 2 amide bonds. The van der Waals surface area contributed by atoms with Crippen molar-refractivity contribution in [3.8, 4) is 0 Å². The summed E-state index contributed by atoms with van der Waals surface area (Å²) < 4.78 is 5.06. The molecule has 6 nitrogen and oxygen atoms in total. The summed E-state index contributed by atoms with van der Waals surface area (Å²) in [5.74, 6) is 1.80. The van der Waals surface area contributed by atoms with E-state index in [1.54, 1.807) is 0 Å². The van der Waals surface area contributed by atoms with Crippen molar-refractivity contribution in [2.24, 2.45) is 0 Å². The zero-order valence-electron chi connectivity index (χ0n) is 15.5. The van der Waals surface area contributed by atoms with Gasteiger partial charge >= 0.3 is 12.0 Å². The van der Waals surface area contributed by atoms with Crippen LogP contribution in [0.1, 0.15) is 22.7 Å². The molecule has 140 valence electrons. The third kappa shape index (κ3) is 4.04. The number of urea groups is 1. The van der Waals surface area contributed by atoms with Crippen molar-refractivity contribution in [3.63, 3.8) is 0 Å². The number of carbonyl (C=O) groups excluding carboxylic acids is 2. The van der Waals surface area contributed by atoms with Crippen molar-refractivity contribution in [1.29, 1.82) is 0 Å². The minimum atomic E-state index is -0.495.